The second-order valence-corrected chi connectivity index (χ2v) is 7.61. The lowest BCUT2D eigenvalue weighted by Crippen LogP contribution is -1.97. The molecule has 0 heterocycles. The molecule has 20 heavy (non-hydrogen) atoms. The highest BCUT2D eigenvalue weighted by atomic mass is 79.9. The molecule has 0 amide bonds. The highest BCUT2D eigenvalue weighted by Crippen LogP contribution is 2.36. The van der Waals surface area contributed by atoms with Gasteiger partial charge in [0.1, 0.15) is 0 Å². The van der Waals surface area contributed by atoms with E-state index in [0.29, 0.717) is 5.92 Å². The summed E-state index contributed by atoms with van der Waals surface area (Å²) >= 11 is 13.5. The lowest BCUT2D eigenvalue weighted by atomic mass is 9.99. The van der Waals surface area contributed by atoms with E-state index in [9.17, 15) is 0 Å². The first kappa shape index (κ1) is 16.1. The summed E-state index contributed by atoms with van der Waals surface area (Å²) in [5.41, 5.74) is 3.69. The molecule has 3 heteroatoms. The van der Waals surface area contributed by atoms with Gasteiger partial charge in [0.2, 0.25) is 0 Å². The molecule has 0 aliphatic heterocycles. The molecule has 2 aromatic rings. The summed E-state index contributed by atoms with van der Waals surface area (Å²) in [5, 5.41) is 0.771. The van der Waals surface area contributed by atoms with Crippen LogP contribution in [0, 0.1) is 5.92 Å². The molecule has 0 N–H and O–H groups in total. The average Bonchev–Trinajstić information content (AvgIpc) is 2.38. The monoisotopic (exact) mass is 414 g/mol. The maximum Gasteiger partial charge on any atom is 0.0659 e. The van der Waals surface area contributed by atoms with Crippen molar-refractivity contribution < 1.29 is 0 Å². The summed E-state index contributed by atoms with van der Waals surface area (Å²) in [5.74, 6) is 0.682. The maximum absolute atomic E-state index is 6.31. The van der Waals surface area contributed by atoms with Gasteiger partial charge in [0.05, 0.1) is 4.83 Å². The summed E-state index contributed by atoms with van der Waals surface area (Å²) in [7, 11) is 0. The maximum atomic E-state index is 6.31. The van der Waals surface area contributed by atoms with Gasteiger partial charge in [-0.05, 0) is 41.2 Å². The van der Waals surface area contributed by atoms with Crippen LogP contribution in [0.5, 0.6) is 0 Å². The van der Waals surface area contributed by atoms with Gasteiger partial charge in [0.15, 0.2) is 0 Å². The minimum Gasteiger partial charge on any atom is -0.0839 e. The largest absolute Gasteiger partial charge is 0.0839 e. The van der Waals surface area contributed by atoms with Crippen LogP contribution < -0.4 is 0 Å². The molecule has 0 nitrogen and oxygen atoms in total. The smallest absolute Gasteiger partial charge is 0.0659 e. The quantitative estimate of drug-likeness (QED) is 0.482. The van der Waals surface area contributed by atoms with Crippen molar-refractivity contribution >= 4 is 43.5 Å². The third kappa shape index (κ3) is 4.09. The van der Waals surface area contributed by atoms with Crippen LogP contribution in [0.2, 0.25) is 5.02 Å². The van der Waals surface area contributed by atoms with Gasteiger partial charge in [-0.3, -0.25) is 0 Å². The van der Waals surface area contributed by atoms with Gasteiger partial charge in [-0.25, -0.2) is 0 Å². The summed E-state index contributed by atoms with van der Waals surface area (Å²) in [4.78, 5) is 0.121. The molecule has 1 atom stereocenters. The van der Waals surface area contributed by atoms with Crippen molar-refractivity contribution in [2.45, 2.75) is 25.1 Å². The first-order chi connectivity index (χ1) is 9.47. The van der Waals surface area contributed by atoms with E-state index < -0.39 is 0 Å². The topological polar surface area (TPSA) is 0 Å². The predicted octanol–water partition coefficient (Wildman–Crippen LogP) is 6.79. The van der Waals surface area contributed by atoms with E-state index in [0.717, 1.165) is 21.5 Å². The summed E-state index contributed by atoms with van der Waals surface area (Å²) in [6.07, 6.45) is 1.12. The molecule has 0 aliphatic rings. The number of alkyl halides is 1. The number of hydrogen-bond acceptors (Lipinski definition) is 0. The van der Waals surface area contributed by atoms with E-state index in [2.05, 4.69) is 70.0 Å². The van der Waals surface area contributed by atoms with Crippen LogP contribution in [0.25, 0.3) is 0 Å². The van der Waals surface area contributed by atoms with Crippen molar-refractivity contribution in [3.8, 4) is 0 Å². The molecule has 0 spiro atoms. The van der Waals surface area contributed by atoms with Crippen LogP contribution in [0.15, 0.2) is 46.9 Å². The number of benzene rings is 2. The fourth-order valence-electron chi connectivity index (χ4n) is 2.18. The Morgan fingerprint density at radius 3 is 2.25 bits per heavy atom. The van der Waals surface area contributed by atoms with Gasteiger partial charge in [0.25, 0.3) is 0 Å². The number of hydrogen-bond donors (Lipinski definition) is 0. The average molecular weight is 417 g/mol. The Balaban J connectivity index is 2.22. The lowest BCUT2D eigenvalue weighted by Gasteiger charge is -2.14. The third-order valence-corrected chi connectivity index (χ3v) is 4.99. The second-order valence-electron chi connectivity index (χ2n) is 5.37. The molecule has 0 saturated carbocycles. The third-order valence-electron chi connectivity index (χ3n) is 3.15. The minimum absolute atomic E-state index is 0.121. The predicted molar refractivity (Wildman–Crippen MR) is 94.9 cm³/mol. The Labute approximate surface area is 142 Å². The van der Waals surface area contributed by atoms with Gasteiger partial charge in [0, 0.05) is 9.50 Å². The van der Waals surface area contributed by atoms with E-state index >= 15 is 0 Å². The highest BCUT2D eigenvalue weighted by molar-refractivity contribution is 9.10. The Bertz CT molecular complexity index is 576. The Hall–Kier alpha value is -0.310. The molecule has 0 aliphatic carbocycles. The molecule has 2 rings (SSSR count). The zero-order valence-corrected chi connectivity index (χ0v) is 15.5. The van der Waals surface area contributed by atoms with Crippen LogP contribution >= 0.6 is 43.5 Å². The van der Waals surface area contributed by atoms with Gasteiger partial charge in [-0.15, -0.1) is 0 Å². The summed E-state index contributed by atoms with van der Waals surface area (Å²) < 4.78 is 0.998. The Morgan fingerprint density at radius 1 is 1.05 bits per heavy atom. The minimum atomic E-state index is 0.121. The van der Waals surface area contributed by atoms with E-state index in [1.54, 1.807) is 0 Å². The number of halogens is 3. The summed E-state index contributed by atoms with van der Waals surface area (Å²) in [6, 6.07) is 14.8. The van der Waals surface area contributed by atoms with Crippen molar-refractivity contribution in [2.24, 2.45) is 5.92 Å². The molecule has 1 unspecified atom stereocenters. The van der Waals surface area contributed by atoms with E-state index in [-0.39, 0.29) is 4.83 Å². The van der Waals surface area contributed by atoms with Crippen molar-refractivity contribution in [3.63, 3.8) is 0 Å². The van der Waals surface area contributed by atoms with Crippen LogP contribution in [0.1, 0.15) is 35.4 Å². The molecular formula is C17H17Br2Cl. The SMILES string of the molecule is CC(C)Cc1ccc(C(Br)c2ccc(Br)cc2Cl)cc1. The fraction of sp³-hybridized carbons (Fsp3) is 0.294. The van der Waals surface area contributed by atoms with E-state index in [1.807, 2.05) is 18.2 Å². The van der Waals surface area contributed by atoms with Crippen molar-refractivity contribution in [3.05, 3.63) is 68.7 Å². The van der Waals surface area contributed by atoms with Gasteiger partial charge < -0.3 is 0 Å². The van der Waals surface area contributed by atoms with Gasteiger partial charge in [-0.1, -0.05) is 87.6 Å². The van der Waals surface area contributed by atoms with E-state index in [1.165, 1.54) is 11.1 Å². The Kier molecular flexibility index (Phi) is 5.71. The van der Waals surface area contributed by atoms with Crippen molar-refractivity contribution in [2.75, 3.05) is 0 Å². The molecular weight excluding hydrogens is 399 g/mol. The normalized spacial score (nSPS) is 12.7. The van der Waals surface area contributed by atoms with Crippen LogP contribution in [0.3, 0.4) is 0 Å². The first-order valence-corrected chi connectivity index (χ1v) is 8.74. The zero-order chi connectivity index (χ0) is 14.7. The molecule has 2 aromatic carbocycles. The molecule has 0 radical (unpaired) electrons. The second kappa shape index (κ2) is 7.11. The van der Waals surface area contributed by atoms with Gasteiger partial charge >= 0.3 is 0 Å². The number of rotatable bonds is 4. The van der Waals surface area contributed by atoms with Crippen molar-refractivity contribution in [1.82, 2.24) is 0 Å². The standard InChI is InChI=1S/C17H17Br2Cl/c1-11(2)9-12-3-5-13(6-4-12)17(19)15-8-7-14(18)10-16(15)20/h3-8,10-11,17H,9H2,1-2H3. The van der Waals surface area contributed by atoms with E-state index in [4.69, 9.17) is 11.6 Å². The lowest BCUT2D eigenvalue weighted by molar-refractivity contribution is 0.647. The molecule has 0 fully saturated rings. The van der Waals surface area contributed by atoms with Crippen LogP contribution in [-0.2, 0) is 6.42 Å². The molecule has 0 aromatic heterocycles. The fourth-order valence-corrected chi connectivity index (χ4v) is 3.80. The highest BCUT2D eigenvalue weighted by Gasteiger charge is 2.14. The Morgan fingerprint density at radius 2 is 1.70 bits per heavy atom. The van der Waals surface area contributed by atoms with Crippen molar-refractivity contribution in [1.29, 1.82) is 0 Å². The van der Waals surface area contributed by atoms with Crippen LogP contribution in [-0.4, -0.2) is 0 Å². The van der Waals surface area contributed by atoms with Gasteiger partial charge in [-0.2, -0.15) is 0 Å². The summed E-state index contributed by atoms with van der Waals surface area (Å²) in [6.45, 7) is 4.48. The molecule has 0 saturated heterocycles. The zero-order valence-electron chi connectivity index (χ0n) is 11.5. The first-order valence-electron chi connectivity index (χ1n) is 6.65. The van der Waals surface area contributed by atoms with Crippen LogP contribution in [0.4, 0.5) is 0 Å². The molecule has 106 valence electrons. The molecule has 0 bridgehead atoms.